The van der Waals surface area contributed by atoms with E-state index in [1.54, 1.807) is 24.3 Å². The van der Waals surface area contributed by atoms with Crippen molar-refractivity contribution in [3.8, 4) is 5.75 Å². The van der Waals surface area contributed by atoms with Gasteiger partial charge in [0.05, 0.1) is 5.56 Å². The molecule has 0 aliphatic rings. The third-order valence-corrected chi connectivity index (χ3v) is 3.63. The third kappa shape index (κ3) is 4.95. The second-order valence-electron chi connectivity index (χ2n) is 5.69. The molecular formula is C20H23NO3. The van der Waals surface area contributed by atoms with Gasteiger partial charge in [0.2, 0.25) is 0 Å². The van der Waals surface area contributed by atoms with E-state index in [1.807, 2.05) is 31.2 Å². The van der Waals surface area contributed by atoms with E-state index in [-0.39, 0.29) is 18.3 Å². The highest BCUT2D eigenvalue weighted by atomic mass is 16.5. The van der Waals surface area contributed by atoms with Crippen LogP contribution in [0.3, 0.4) is 0 Å². The molecule has 1 amide bonds. The molecule has 0 bridgehead atoms. The van der Waals surface area contributed by atoms with Crippen molar-refractivity contribution in [3.63, 3.8) is 0 Å². The molecule has 1 N–H and O–H groups in total. The Labute approximate surface area is 142 Å². The quantitative estimate of drug-likeness (QED) is 0.597. The van der Waals surface area contributed by atoms with Crippen LogP contribution >= 0.6 is 0 Å². The predicted octanol–water partition coefficient (Wildman–Crippen LogP) is 3.52. The van der Waals surface area contributed by atoms with Crippen LogP contribution in [0.1, 0.15) is 41.3 Å². The normalized spacial score (nSPS) is 10.2. The number of amides is 1. The van der Waals surface area contributed by atoms with Gasteiger partial charge in [-0.15, -0.1) is 0 Å². The number of ketones is 1. The molecular weight excluding hydrogens is 302 g/mol. The van der Waals surface area contributed by atoms with Gasteiger partial charge in [0.1, 0.15) is 5.75 Å². The molecule has 4 nitrogen and oxygen atoms in total. The highest BCUT2D eigenvalue weighted by molar-refractivity contribution is 6.10. The van der Waals surface area contributed by atoms with E-state index in [1.165, 1.54) is 0 Å². The van der Waals surface area contributed by atoms with Crippen LogP contribution in [0, 0.1) is 6.92 Å². The fourth-order valence-corrected chi connectivity index (χ4v) is 2.29. The number of ether oxygens (including phenoxy) is 1. The summed E-state index contributed by atoms with van der Waals surface area (Å²) in [6, 6.07) is 14.5. The molecule has 0 saturated heterocycles. The molecule has 0 aliphatic heterocycles. The summed E-state index contributed by atoms with van der Waals surface area (Å²) in [4.78, 5) is 24.5. The second-order valence-corrected chi connectivity index (χ2v) is 5.69. The SMILES string of the molecule is CCCCNC(=O)COc1ccc(C)cc1C(=O)c1ccccc1. The van der Waals surface area contributed by atoms with Crippen LogP contribution in [0.25, 0.3) is 0 Å². The predicted molar refractivity (Wildman–Crippen MR) is 94.5 cm³/mol. The van der Waals surface area contributed by atoms with Gasteiger partial charge >= 0.3 is 0 Å². The summed E-state index contributed by atoms with van der Waals surface area (Å²) in [6.07, 6.45) is 1.96. The number of hydrogen-bond acceptors (Lipinski definition) is 3. The van der Waals surface area contributed by atoms with Gasteiger partial charge in [0.25, 0.3) is 5.91 Å². The second kappa shape index (κ2) is 8.87. The Bertz CT molecular complexity index is 695. The average Bonchev–Trinajstić information content (AvgIpc) is 2.61. The minimum atomic E-state index is -0.179. The molecule has 2 aromatic carbocycles. The fraction of sp³-hybridized carbons (Fsp3) is 0.300. The first kappa shape index (κ1) is 17.7. The van der Waals surface area contributed by atoms with E-state index in [9.17, 15) is 9.59 Å². The number of aryl methyl sites for hydroxylation is 1. The van der Waals surface area contributed by atoms with E-state index < -0.39 is 0 Å². The summed E-state index contributed by atoms with van der Waals surface area (Å²) < 4.78 is 5.59. The molecule has 126 valence electrons. The fourth-order valence-electron chi connectivity index (χ4n) is 2.29. The third-order valence-electron chi connectivity index (χ3n) is 3.63. The Morgan fingerprint density at radius 2 is 1.83 bits per heavy atom. The van der Waals surface area contributed by atoms with Crippen LogP contribution in [-0.4, -0.2) is 24.8 Å². The van der Waals surface area contributed by atoms with E-state index in [4.69, 9.17) is 4.74 Å². The Kier molecular flexibility index (Phi) is 6.55. The number of benzene rings is 2. The van der Waals surface area contributed by atoms with Crippen molar-refractivity contribution in [2.24, 2.45) is 0 Å². The largest absolute Gasteiger partial charge is 0.483 e. The molecule has 2 rings (SSSR count). The Morgan fingerprint density at radius 3 is 2.54 bits per heavy atom. The van der Waals surface area contributed by atoms with Crippen LogP contribution in [0.15, 0.2) is 48.5 Å². The molecule has 0 radical (unpaired) electrons. The molecule has 0 saturated carbocycles. The maximum Gasteiger partial charge on any atom is 0.257 e. The van der Waals surface area contributed by atoms with Gasteiger partial charge in [0.15, 0.2) is 12.4 Å². The summed E-state index contributed by atoms with van der Waals surface area (Å²) in [6.45, 7) is 4.53. The van der Waals surface area contributed by atoms with Crippen molar-refractivity contribution < 1.29 is 14.3 Å². The molecule has 2 aromatic rings. The maximum absolute atomic E-state index is 12.7. The lowest BCUT2D eigenvalue weighted by molar-refractivity contribution is -0.123. The van der Waals surface area contributed by atoms with Gasteiger partial charge in [-0.05, 0) is 25.5 Å². The van der Waals surface area contributed by atoms with Crippen molar-refractivity contribution in [2.75, 3.05) is 13.2 Å². The topological polar surface area (TPSA) is 55.4 Å². The number of hydrogen-bond donors (Lipinski definition) is 1. The highest BCUT2D eigenvalue weighted by Gasteiger charge is 2.15. The van der Waals surface area contributed by atoms with E-state index in [0.29, 0.717) is 23.4 Å². The summed E-state index contributed by atoms with van der Waals surface area (Å²) in [5, 5.41) is 2.80. The van der Waals surface area contributed by atoms with Crippen LogP contribution in [-0.2, 0) is 4.79 Å². The first-order valence-corrected chi connectivity index (χ1v) is 8.21. The zero-order valence-electron chi connectivity index (χ0n) is 14.2. The van der Waals surface area contributed by atoms with Gasteiger partial charge in [-0.25, -0.2) is 0 Å². The molecule has 0 heterocycles. The minimum Gasteiger partial charge on any atom is -0.483 e. The van der Waals surface area contributed by atoms with E-state index in [2.05, 4.69) is 12.2 Å². The van der Waals surface area contributed by atoms with Crippen molar-refractivity contribution in [3.05, 3.63) is 65.2 Å². The number of carbonyl (C=O) groups is 2. The van der Waals surface area contributed by atoms with Gasteiger partial charge in [0, 0.05) is 12.1 Å². The van der Waals surface area contributed by atoms with Crippen LogP contribution < -0.4 is 10.1 Å². The van der Waals surface area contributed by atoms with Crippen molar-refractivity contribution >= 4 is 11.7 Å². The molecule has 0 fully saturated rings. The monoisotopic (exact) mass is 325 g/mol. The van der Waals surface area contributed by atoms with Crippen LogP contribution in [0.2, 0.25) is 0 Å². The van der Waals surface area contributed by atoms with Gasteiger partial charge < -0.3 is 10.1 Å². The molecule has 0 atom stereocenters. The molecule has 0 unspecified atom stereocenters. The summed E-state index contributed by atoms with van der Waals surface area (Å²) >= 11 is 0. The zero-order valence-corrected chi connectivity index (χ0v) is 14.2. The lowest BCUT2D eigenvalue weighted by Crippen LogP contribution is -2.29. The Morgan fingerprint density at radius 1 is 1.08 bits per heavy atom. The minimum absolute atomic E-state index is 0.0954. The van der Waals surface area contributed by atoms with Crippen LogP contribution in [0.4, 0.5) is 0 Å². The molecule has 24 heavy (non-hydrogen) atoms. The number of carbonyl (C=O) groups excluding carboxylic acids is 2. The lowest BCUT2D eigenvalue weighted by atomic mass is 10.0. The molecule has 0 aliphatic carbocycles. The van der Waals surface area contributed by atoms with E-state index >= 15 is 0 Å². The number of rotatable bonds is 8. The van der Waals surface area contributed by atoms with Crippen molar-refractivity contribution in [2.45, 2.75) is 26.7 Å². The van der Waals surface area contributed by atoms with Gasteiger partial charge in [-0.3, -0.25) is 9.59 Å². The Hall–Kier alpha value is -2.62. The lowest BCUT2D eigenvalue weighted by Gasteiger charge is -2.12. The number of nitrogens with one attached hydrogen (secondary N) is 1. The van der Waals surface area contributed by atoms with E-state index in [0.717, 1.165) is 18.4 Å². The van der Waals surface area contributed by atoms with Crippen molar-refractivity contribution in [1.82, 2.24) is 5.32 Å². The maximum atomic E-state index is 12.7. The van der Waals surface area contributed by atoms with Crippen LogP contribution in [0.5, 0.6) is 5.75 Å². The smallest absolute Gasteiger partial charge is 0.257 e. The summed E-state index contributed by atoms with van der Waals surface area (Å²) in [7, 11) is 0. The molecule has 0 aromatic heterocycles. The number of unbranched alkanes of at least 4 members (excludes halogenated alkanes) is 1. The first-order valence-electron chi connectivity index (χ1n) is 8.21. The Balaban J connectivity index is 2.10. The molecule has 0 spiro atoms. The summed E-state index contributed by atoms with van der Waals surface area (Å²) in [5.74, 6) is 0.142. The molecule has 4 heteroatoms. The average molecular weight is 325 g/mol. The zero-order chi connectivity index (χ0) is 17.4. The standard InChI is InChI=1S/C20H23NO3/c1-3-4-12-21-19(22)14-24-18-11-10-15(2)13-17(18)20(23)16-8-6-5-7-9-16/h5-11,13H,3-4,12,14H2,1-2H3,(H,21,22). The summed E-state index contributed by atoms with van der Waals surface area (Å²) in [5.41, 5.74) is 2.04. The highest BCUT2D eigenvalue weighted by Crippen LogP contribution is 2.23. The first-order chi connectivity index (χ1) is 11.6. The van der Waals surface area contributed by atoms with Gasteiger partial charge in [-0.1, -0.05) is 55.3 Å². The van der Waals surface area contributed by atoms with Gasteiger partial charge in [-0.2, -0.15) is 0 Å². The van der Waals surface area contributed by atoms with Crippen molar-refractivity contribution in [1.29, 1.82) is 0 Å².